The van der Waals surface area contributed by atoms with E-state index >= 15 is 0 Å². The minimum atomic E-state index is -4.87. The quantitative estimate of drug-likeness (QED) is 0.126. The molecule has 242 valence electrons. The van der Waals surface area contributed by atoms with Crippen LogP contribution in [0.1, 0.15) is 27.8 Å². The van der Waals surface area contributed by atoms with Gasteiger partial charge in [-0.05, 0) is 83.4 Å². The minimum absolute atomic E-state index is 0.223. The number of hydrogen-bond acceptors (Lipinski definition) is 6. The van der Waals surface area contributed by atoms with E-state index in [1.807, 2.05) is 31.2 Å². The molecule has 46 heavy (non-hydrogen) atoms. The number of carbonyl (C=O) groups excluding carboxylic acids is 1. The molecule has 4 aromatic rings. The van der Waals surface area contributed by atoms with Gasteiger partial charge in [-0.1, -0.05) is 59.1 Å². The first-order chi connectivity index (χ1) is 21.7. The van der Waals surface area contributed by atoms with E-state index in [0.29, 0.717) is 38.5 Å². The third-order valence-corrected chi connectivity index (χ3v) is 9.30. The van der Waals surface area contributed by atoms with Gasteiger partial charge in [0.05, 0.1) is 39.0 Å². The fraction of sp³-hybridized carbons (Fsp3) is 0.188. The monoisotopic (exact) mass is 737 g/mol. The topological polar surface area (TPSA) is 97.3 Å². The number of halogens is 5. The molecule has 0 unspecified atom stereocenters. The lowest BCUT2D eigenvalue weighted by atomic mass is 10.2. The van der Waals surface area contributed by atoms with Crippen molar-refractivity contribution in [1.82, 2.24) is 5.43 Å². The number of aryl methyl sites for hydroxylation is 2. The average molecular weight is 739 g/mol. The van der Waals surface area contributed by atoms with Crippen molar-refractivity contribution in [1.29, 1.82) is 0 Å². The zero-order valence-corrected chi connectivity index (χ0v) is 27.9. The Kier molecular flexibility index (Phi) is 11.0. The van der Waals surface area contributed by atoms with Crippen molar-refractivity contribution >= 4 is 55.4 Å². The Bertz CT molecular complexity index is 1850. The molecule has 0 radical (unpaired) electrons. The first kappa shape index (κ1) is 34.8. The summed E-state index contributed by atoms with van der Waals surface area (Å²) >= 11 is 9.21. The molecular weight excluding hydrogens is 711 g/mol. The maximum absolute atomic E-state index is 13.6. The van der Waals surface area contributed by atoms with E-state index < -0.39 is 44.9 Å². The predicted octanol–water partition coefficient (Wildman–Crippen LogP) is 7.67. The van der Waals surface area contributed by atoms with Crippen LogP contribution in [0, 0.1) is 13.8 Å². The number of methoxy groups -OCH3 is 1. The standard InChI is InChI=1S/C32H28BrClF3N3O5S/c1-20-4-8-22(9-5-20)19-45-31-27(33)14-23(15-29(31)44-3)17-38-39-30(41)18-40(46(42,43)25-11-6-21(2)7-12-25)24-10-13-28(34)26(16-24)32(35,36)37/h4-17H,18-19H2,1-3H3,(H,39,41)/b38-17-. The summed E-state index contributed by atoms with van der Waals surface area (Å²) in [6.07, 6.45) is -3.58. The lowest BCUT2D eigenvalue weighted by molar-refractivity contribution is -0.137. The zero-order chi connectivity index (χ0) is 33.6. The Labute approximate surface area is 278 Å². The fourth-order valence-corrected chi connectivity index (χ4v) is 6.39. The van der Waals surface area contributed by atoms with Gasteiger partial charge < -0.3 is 9.47 Å². The van der Waals surface area contributed by atoms with E-state index in [-0.39, 0.29) is 4.90 Å². The summed E-state index contributed by atoms with van der Waals surface area (Å²) in [6.45, 7) is 3.14. The van der Waals surface area contributed by atoms with Crippen LogP contribution in [0.25, 0.3) is 0 Å². The molecule has 0 saturated heterocycles. The summed E-state index contributed by atoms with van der Waals surface area (Å²) in [5.74, 6) is -0.0882. The van der Waals surface area contributed by atoms with E-state index in [2.05, 4.69) is 26.5 Å². The molecule has 14 heteroatoms. The van der Waals surface area contributed by atoms with Gasteiger partial charge >= 0.3 is 6.18 Å². The number of ether oxygens (including phenoxy) is 2. The average Bonchev–Trinajstić information content (AvgIpc) is 3.00. The van der Waals surface area contributed by atoms with E-state index in [0.717, 1.165) is 28.8 Å². The smallest absolute Gasteiger partial charge is 0.417 e. The van der Waals surface area contributed by atoms with Gasteiger partial charge in [0, 0.05) is 0 Å². The van der Waals surface area contributed by atoms with Crippen LogP contribution in [0.4, 0.5) is 18.9 Å². The van der Waals surface area contributed by atoms with Crippen molar-refractivity contribution in [3.8, 4) is 11.5 Å². The Morgan fingerprint density at radius 1 is 1.00 bits per heavy atom. The second-order valence-electron chi connectivity index (χ2n) is 10.1. The first-order valence-corrected chi connectivity index (χ1v) is 16.1. The number of nitrogens with zero attached hydrogens (tertiary/aromatic N) is 2. The number of benzene rings is 4. The zero-order valence-electron chi connectivity index (χ0n) is 24.7. The third-order valence-electron chi connectivity index (χ3n) is 6.60. The van der Waals surface area contributed by atoms with Gasteiger partial charge in [0.2, 0.25) is 0 Å². The SMILES string of the molecule is COc1cc(/C=N\NC(=O)CN(c2ccc(Cl)c(C(F)(F)F)c2)S(=O)(=O)c2ccc(C)cc2)cc(Br)c1OCc1ccc(C)cc1. The summed E-state index contributed by atoms with van der Waals surface area (Å²) in [5.41, 5.74) is 3.90. The minimum Gasteiger partial charge on any atom is -0.493 e. The molecule has 0 bridgehead atoms. The van der Waals surface area contributed by atoms with Crippen molar-refractivity contribution in [2.45, 2.75) is 31.5 Å². The van der Waals surface area contributed by atoms with Crippen LogP contribution in [0.5, 0.6) is 11.5 Å². The lowest BCUT2D eigenvalue weighted by Crippen LogP contribution is -2.39. The molecule has 1 N–H and O–H groups in total. The molecule has 0 aliphatic heterocycles. The van der Waals surface area contributed by atoms with Crippen LogP contribution in [-0.4, -0.2) is 34.2 Å². The molecule has 0 spiro atoms. The maximum Gasteiger partial charge on any atom is 0.417 e. The van der Waals surface area contributed by atoms with Crippen LogP contribution >= 0.6 is 27.5 Å². The molecule has 4 rings (SSSR count). The maximum atomic E-state index is 13.6. The molecule has 0 aliphatic carbocycles. The van der Waals surface area contributed by atoms with Gasteiger partial charge in [-0.3, -0.25) is 9.10 Å². The largest absolute Gasteiger partial charge is 0.493 e. The van der Waals surface area contributed by atoms with Crippen molar-refractivity contribution in [3.05, 3.63) is 116 Å². The summed E-state index contributed by atoms with van der Waals surface area (Å²) in [6, 6.07) is 19.4. The number of nitrogens with one attached hydrogen (secondary N) is 1. The van der Waals surface area contributed by atoms with Crippen LogP contribution < -0.4 is 19.2 Å². The van der Waals surface area contributed by atoms with E-state index in [9.17, 15) is 26.4 Å². The molecule has 0 fully saturated rings. The van der Waals surface area contributed by atoms with Gasteiger partial charge in [-0.15, -0.1) is 0 Å². The number of hydrazone groups is 1. The van der Waals surface area contributed by atoms with Gasteiger partial charge in [-0.2, -0.15) is 18.3 Å². The Morgan fingerprint density at radius 2 is 1.63 bits per heavy atom. The van der Waals surface area contributed by atoms with E-state index in [1.54, 1.807) is 19.1 Å². The fourth-order valence-electron chi connectivity index (χ4n) is 4.18. The molecule has 1 amide bonds. The highest BCUT2D eigenvalue weighted by molar-refractivity contribution is 9.10. The molecule has 0 heterocycles. The van der Waals surface area contributed by atoms with Gasteiger partial charge in [0.15, 0.2) is 11.5 Å². The number of rotatable bonds is 11. The van der Waals surface area contributed by atoms with Crippen LogP contribution in [0.2, 0.25) is 5.02 Å². The third kappa shape index (κ3) is 8.59. The highest BCUT2D eigenvalue weighted by Gasteiger charge is 2.35. The van der Waals surface area contributed by atoms with Crippen molar-refractivity contribution in [3.63, 3.8) is 0 Å². The molecule has 0 atom stereocenters. The van der Waals surface area contributed by atoms with Gasteiger partial charge in [-0.25, -0.2) is 13.8 Å². The van der Waals surface area contributed by atoms with Crippen molar-refractivity contribution in [2.75, 3.05) is 18.0 Å². The second kappa shape index (κ2) is 14.6. The Hall–Kier alpha value is -4.07. The lowest BCUT2D eigenvalue weighted by Gasteiger charge is -2.25. The normalized spacial score (nSPS) is 11.8. The summed E-state index contributed by atoms with van der Waals surface area (Å²) in [7, 11) is -3.03. The first-order valence-electron chi connectivity index (χ1n) is 13.5. The summed E-state index contributed by atoms with van der Waals surface area (Å²) in [5, 5.41) is 3.29. The number of hydrogen-bond donors (Lipinski definition) is 1. The number of anilines is 1. The number of sulfonamides is 1. The molecule has 8 nitrogen and oxygen atoms in total. The molecular formula is C32H28BrClF3N3O5S. The Balaban J connectivity index is 1.55. The molecule has 0 saturated carbocycles. The number of amides is 1. The van der Waals surface area contributed by atoms with Crippen LogP contribution in [0.15, 0.2) is 93.3 Å². The molecule has 4 aromatic carbocycles. The highest BCUT2D eigenvalue weighted by atomic mass is 79.9. The summed E-state index contributed by atoms with van der Waals surface area (Å²) < 4.78 is 80.5. The number of alkyl halides is 3. The predicted molar refractivity (Wildman–Crippen MR) is 174 cm³/mol. The molecule has 0 aliphatic rings. The second-order valence-corrected chi connectivity index (χ2v) is 13.2. The van der Waals surface area contributed by atoms with E-state index in [4.69, 9.17) is 21.1 Å². The van der Waals surface area contributed by atoms with Crippen LogP contribution in [-0.2, 0) is 27.6 Å². The Morgan fingerprint density at radius 3 is 2.24 bits per heavy atom. The highest BCUT2D eigenvalue weighted by Crippen LogP contribution is 2.38. The van der Waals surface area contributed by atoms with Crippen LogP contribution in [0.3, 0.4) is 0 Å². The van der Waals surface area contributed by atoms with Gasteiger partial charge in [0.25, 0.3) is 15.9 Å². The summed E-state index contributed by atoms with van der Waals surface area (Å²) in [4.78, 5) is 12.7. The van der Waals surface area contributed by atoms with Crippen molar-refractivity contribution < 1.29 is 35.9 Å². The molecule has 0 aromatic heterocycles. The van der Waals surface area contributed by atoms with Crippen molar-refractivity contribution in [2.24, 2.45) is 5.10 Å². The van der Waals surface area contributed by atoms with Gasteiger partial charge in [0.1, 0.15) is 13.2 Å². The number of carbonyl (C=O) groups is 1. The van der Waals surface area contributed by atoms with E-state index in [1.165, 1.54) is 37.6 Å².